The van der Waals surface area contributed by atoms with Crippen LogP contribution in [0.25, 0.3) is 0 Å². The van der Waals surface area contributed by atoms with Gasteiger partial charge in [0.2, 0.25) is 5.91 Å². The highest BCUT2D eigenvalue weighted by atomic mass is 35.5. The van der Waals surface area contributed by atoms with E-state index in [9.17, 15) is 9.90 Å². The number of hydrogen-bond donors (Lipinski definition) is 1. The number of hydrogen-bond acceptors (Lipinski definition) is 4. The normalized spacial score (nSPS) is 25.0. The zero-order chi connectivity index (χ0) is 18.7. The van der Waals surface area contributed by atoms with Crippen molar-refractivity contribution in [3.8, 4) is 0 Å². The number of benzene rings is 1. The van der Waals surface area contributed by atoms with Crippen molar-refractivity contribution in [1.29, 1.82) is 0 Å². The Morgan fingerprint density at radius 1 is 1.27 bits per heavy atom. The lowest BCUT2D eigenvalue weighted by Crippen LogP contribution is -2.52. The second kappa shape index (κ2) is 8.96. The van der Waals surface area contributed by atoms with Crippen LogP contribution >= 0.6 is 23.5 Å². The minimum atomic E-state index is -0.269. The molecule has 0 radical (unpaired) electrons. The molecular formula is C20H29ClN2O2S. The zero-order valence-corrected chi connectivity index (χ0v) is 17.2. The number of amides is 1. The van der Waals surface area contributed by atoms with Gasteiger partial charge in [-0.1, -0.05) is 42.6 Å². The summed E-state index contributed by atoms with van der Waals surface area (Å²) in [5, 5.41) is 11.1. The van der Waals surface area contributed by atoms with Gasteiger partial charge in [-0.3, -0.25) is 9.10 Å². The first kappa shape index (κ1) is 20.0. The summed E-state index contributed by atoms with van der Waals surface area (Å²) in [6, 6.07) is 8.06. The second-order valence-electron chi connectivity index (χ2n) is 7.45. The molecule has 6 heteroatoms. The lowest BCUT2D eigenvalue weighted by Gasteiger charge is -2.44. The first-order chi connectivity index (χ1) is 12.5. The Balaban J connectivity index is 1.81. The number of carbonyl (C=O) groups excluding carboxylic acids is 1. The first-order valence-corrected chi connectivity index (χ1v) is 10.8. The van der Waals surface area contributed by atoms with Gasteiger partial charge in [0.25, 0.3) is 0 Å². The van der Waals surface area contributed by atoms with E-state index in [1.54, 1.807) is 0 Å². The van der Waals surface area contributed by atoms with Crippen molar-refractivity contribution in [3.63, 3.8) is 0 Å². The molecule has 1 N–H and O–H groups in total. The number of rotatable bonds is 8. The van der Waals surface area contributed by atoms with Crippen LogP contribution in [0.15, 0.2) is 24.3 Å². The number of likely N-dealkylation sites (tertiary alicyclic amines) is 1. The number of aliphatic hydroxyl groups is 1. The molecule has 0 spiro atoms. The minimum Gasteiger partial charge on any atom is -0.396 e. The van der Waals surface area contributed by atoms with Gasteiger partial charge >= 0.3 is 0 Å². The summed E-state index contributed by atoms with van der Waals surface area (Å²) < 4.78 is 2.29. The largest absolute Gasteiger partial charge is 0.396 e. The highest BCUT2D eigenvalue weighted by Crippen LogP contribution is 2.39. The van der Waals surface area contributed by atoms with E-state index in [0.29, 0.717) is 5.02 Å². The SMILES string of the molecule is CC[C@@H](CN(C)SC1CC1)N1C(=O)C(CO)CCC1c1ccc(Cl)cc1. The average Bonchev–Trinajstić information content (AvgIpc) is 3.44. The topological polar surface area (TPSA) is 43.8 Å². The van der Waals surface area contributed by atoms with Crippen LogP contribution in [0.4, 0.5) is 0 Å². The molecule has 3 rings (SSSR count). The Bertz CT molecular complexity index is 608. The molecular weight excluding hydrogens is 368 g/mol. The van der Waals surface area contributed by atoms with E-state index < -0.39 is 0 Å². The summed E-state index contributed by atoms with van der Waals surface area (Å²) in [5.41, 5.74) is 1.13. The molecule has 1 aromatic rings. The minimum absolute atomic E-state index is 0.0619. The predicted octanol–water partition coefficient (Wildman–Crippen LogP) is 4.13. The van der Waals surface area contributed by atoms with E-state index in [1.165, 1.54) is 12.8 Å². The van der Waals surface area contributed by atoms with E-state index in [-0.39, 0.29) is 30.5 Å². The standard InChI is InChI=1S/C20H29ClN2O2S/c1-3-17(12-22(2)26-18-9-10-18)23-19(11-6-15(13-24)20(23)25)14-4-7-16(21)8-5-14/h4-5,7-8,15,17-19,24H,3,6,9-13H2,1-2H3/t15?,17-,19?/m0/s1. The average molecular weight is 397 g/mol. The van der Waals surface area contributed by atoms with Crippen LogP contribution in [0.1, 0.15) is 50.6 Å². The van der Waals surface area contributed by atoms with Crippen LogP contribution in [-0.4, -0.2) is 51.7 Å². The Kier molecular flexibility index (Phi) is 6.89. The maximum absolute atomic E-state index is 13.1. The van der Waals surface area contributed by atoms with Crippen molar-refractivity contribution in [3.05, 3.63) is 34.9 Å². The van der Waals surface area contributed by atoms with E-state index in [1.807, 2.05) is 36.2 Å². The van der Waals surface area contributed by atoms with E-state index in [4.69, 9.17) is 11.6 Å². The van der Waals surface area contributed by atoms with Gasteiger partial charge in [-0.2, -0.15) is 0 Å². The lowest BCUT2D eigenvalue weighted by molar-refractivity contribution is -0.147. The summed E-state index contributed by atoms with van der Waals surface area (Å²) in [7, 11) is 2.13. The number of piperidine rings is 1. The zero-order valence-electron chi connectivity index (χ0n) is 15.6. The predicted molar refractivity (Wildman–Crippen MR) is 108 cm³/mol. The van der Waals surface area contributed by atoms with Crippen molar-refractivity contribution < 1.29 is 9.90 Å². The fourth-order valence-electron chi connectivity index (χ4n) is 3.78. The smallest absolute Gasteiger partial charge is 0.228 e. The molecule has 1 heterocycles. The van der Waals surface area contributed by atoms with Gasteiger partial charge in [0, 0.05) is 22.9 Å². The van der Waals surface area contributed by atoms with Crippen LogP contribution in [0.3, 0.4) is 0 Å². The second-order valence-corrected chi connectivity index (χ2v) is 9.38. The van der Waals surface area contributed by atoms with Crippen LogP contribution in [0.5, 0.6) is 0 Å². The summed E-state index contributed by atoms with van der Waals surface area (Å²) >= 11 is 7.96. The third-order valence-electron chi connectivity index (χ3n) is 5.39. The first-order valence-electron chi connectivity index (χ1n) is 9.59. The molecule has 2 aliphatic rings. The third-order valence-corrected chi connectivity index (χ3v) is 6.92. The molecule has 1 aliphatic heterocycles. The Morgan fingerprint density at radius 3 is 2.54 bits per heavy atom. The number of carbonyl (C=O) groups is 1. The number of likely N-dealkylation sites (N-methyl/N-ethyl adjacent to an activating group) is 1. The van der Waals surface area contributed by atoms with Crippen LogP contribution in [-0.2, 0) is 4.79 Å². The molecule has 1 saturated heterocycles. The molecule has 0 bridgehead atoms. The molecule has 1 saturated carbocycles. The van der Waals surface area contributed by atoms with Crippen molar-refractivity contribution >= 4 is 29.5 Å². The summed E-state index contributed by atoms with van der Waals surface area (Å²) in [6.45, 7) is 2.94. The maximum Gasteiger partial charge on any atom is 0.228 e. The van der Waals surface area contributed by atoms with Gasteiger partial charge in [-0.25, -0.2) is 0 Å². The monoisotopic (exact) mass is 396 g/mol. The number of halogens is 1. The lowest BCUT2D eigenvalue weighted by atomic mass is 9.87. The summed E-state index contributed by atoms with van der Waals surface area (Å²) in [6.07, 6.45) is 5.13. The molecule has 1 aliphatic carbocycles. The molecule has 2 unspecified atom stereocenters. The van der Waals surface area contributed by atoms with Gasteiger partial charge in [0.05, 0.1) is 18.6 Å². The van der Waals surface area contributed by atoms with Crippen LogP contribution in [0.2, 0.25) is 5.02 Å². The number of nitrogens with zero attached hydrogens (tertiary/aromatic N) is 2. The van der Waals surface area contributed by atoms with Gasteiger partial charge in [0.1, 0.15) is 0 Å². The molecule has 4 nitrogen and oxygen atoms in total. The summed E-state index contributed by atoms with van der Waals surface area (Å²) in [5.74, 6) is -0.177. The van der Waals surface area contributed by atoms with E-state index in [0.717, 1.165) is 36.6 Å². The molecule has 26 heavy (non-hydrogen) atoms. The van der Waals surface area contributed by atoms with Crippen LogP contribution in [0, 0.1) is 5.92 Å². The molecule has 1 aromatic carbocycles. The quantitative estimate of drug-likeness (QED) is 0.671. The highest BCUT2D eigenvalue weighted by Gasteiger charge is 2.39. The van der Waals surface area contributed by atoms with Gasteiger partial charge in [-0.15, -0.1) is 0 Å². The maximum atomic E-state index is 13.1. The van der Waals surface area contributed by atoms with Crippen molar-refractivity contribution in [2.24, 2.45) is 5.92 Å². The van der Waals surface area contributed by atoms with E-state index in [2.05, 4.69) is 23.2 Å². The third kappa shape index (κ3) is 4.75. The Labute approximate surface area is 166 Å². The molecule has 0 aromatic heterocycles. The molecule has 2 fully saturated rings. The highest BCUT2D eigenvalue weighted by molar-refractivity contribution is 7.97. The fourth-order valence-corrected chi connectivity index (χ4v) is 5.02. The van der Waals surface area contributed by atoms with Crippen LogP contribution < -0.4 is 0 Å². The van der Waals surface area contributed by atoms with Crippen molar-refractivity contribution in [2.45, 2.75) is 56.4 Å². The molecule has 144 valence electrons. The van der Waals surface area contributed by atoms with Gasteiger partial charge in [0.15, 0.2) is 0 Å². The molecule has 3 atom stereocenters. The van der Waals surface area contributed by atoms with Gasteiger partial charge < -0.3 is 10.0 Å². The van der Waals surface area contributed by atoms with Gasteiger partial charge in [-0.05, 0) is 56.8 Å². The van der Waals surface area contributed by atoms with Crippen molar-refractivity contribution in [2.75, 3.05) is 20.2 Å². The molecule has 1 amide bonds. The Morgan fingerprint density at radius 2 is 1.96 bits per heavy atom. The fraction of sp³-hybridized carbons (Fsp3) is 0.650. The summed E-state index contributed by atoms with van der Waals surface area (Å²) in [4.78, 5) is 15.2. The van der Waals surface area contributed by atoms with E-state index >= 15 is 0 Å². The number of aliphatic hydroxyl groups excluding tert-OH is 1. The Hall–Kier alpha value is -0.750. The van der Waals surface area contributed by atoms with Crippen molar-refractivity contribution in [1.82, 2.24) is 9.21 Å².